The fourth-order valence-electron chi connectivity index (χ4n) is 2.48. The molecular formula is C16H19N5O2. The van der Waals surface area contributed by atoms with Gasteiger partial charge in [0.05, 0.1) is 6.20 Å². The van der Waals surface area contributed by atoms with Crippen LogP contribution in [0, 0.1) is 0 Å². The molecule has 0 unspecified atom stereocenters. The number of carbonyl (C=O) groups is 1. The maximum Gasteiger partial charge on any atom is 0.275 e. The number of H-pyrrole nitrogens is 1. The Morgan fingerprint density at radius 1 is 1.17 bits per heavy atom. The lowest BCUT2D eigenvalue weighted by atomic mass is 10.2. The third-order valence-electron chi connectivity index (χ3n) is 3.90. The quantitative estimate of drug-likeness (QED) is 0.875. The first-order valence-corrected chi connectivity index (χ1v) is 7.51. The number of hydrogen-bond donors (Lipinski definition) is 2. The van der Waals surface area contributed by atoms with Crippen LogP contribution >= 0.6 is 0 Å². The molecule has 23 heavy (non-hydrogen) atoms. The average Bonchev–Trinajstić information content (AvgIpc) is 2.57. The highest BCUT2D eigenvalue weighted by atomic mass is 16.2. The highest BCUT2D eigenvalue weighted by Gasteiger charge is 2.14. The number of aromatic nitrogens is 2. The van der Waals surface area contributed by atoms with Crippen LogP contribution < -0.4 is 15.8 Å². The molecule has 0 radical (unpaired) electrons. The van der Waals surface area contributed by atoms with Crippen molar-refractivity contribution in [3.63, 3.8) is 0 Å². The summed E-state index contributed by atoms with van der Waals surface area (Å²) in [5.74, 6) is -0.353. The van der Waals surface area contributed by atoms with Gasteiger partial charge in [0.1, 0.15) is 5.69 Å². The van der Waals surface area contributed by atoms with Gasteiger partial charge in [-0.25, -0.2) is 4.98 Å². The molecule has 1 saturated heterocycles. The van der Waals surface area contributed by atoms with Gasteiger partial charge < -0.3 is 20.1 Å². The summed E-state index contributed by atoms with van der Waals surface area (Å²) in [6.45, 7) is 4.11. The summed E-state index contributed by atoms with van der Waals surface area (Å²) in [7, 11) is 2.13. The minimum absolute atomic E-state index is 0.174. The number of amides is 1. The van der Waals surface area contributed by atoms with Gasteiger partial charge in [0, 0.05) is 43.8 Å². The van der Waals surface area contributed by atoms with Crippen LogP contribution in [-0.2, 0) is 0 Å². The average molecular weight is 313 g/mol. The van der Waals surface area contributed by atoms with Gasteiger partial charge in [-0.3, -0.25) is 9.59 Å². The first kappa shape index (κ1) is 15.2. The zero-order chi connectivity index (χ0) is 16.2. The molecule has 0 saturated carbocycles. The maximum atomic E-state index is 12.0. The summed E-state index contributed by atoms with van der Waals surface area (Å²) in [5, 5.41) is 2.76. The van der Waals surface area contributed by atoms with Crippen LogP contribution in [0.15, 0.2) is 41.5 Å². The van der Waals surface area contributed by atoms with E-state index in [1.807, 2.05) is 24.3 Å². The number of anilines is 2. The molecule has 2 N–H and O–H groups in total. The molecule has 120 valence electrons. The summed E-state index contributed by atoms with van der Waals surface area (Å²) < 4.78 is 0. The van der Waals surface area contributed by atoms with E-state index in [9.17, 15) is 9.59 Å². The van der Waals surface area contributed by atoms with Crippen molar-refractivity contribution in [2.75, 3.05) is 43.4 Å². The largest absolute Gasteiger partial charge is 0.369 e. The van der Waals surface area contributed by atoms with Crippen molar-refractivity contribution in [2.24, 2.45) is 0 Å². The third-order valence-corrected chi connectivity index (χ3v) is 3.90. The van der Waals surface area contributed by atoms with Gasteiger partial charge in [0.25, 0.3) is 11.5 Å². The van der Waals surface area contributed by atoms with E-state index in [0.717, 1.165) is 38.1 Å². The number of rotatable bonds is 3. The SMILES string of the molecule is CN1CCN(c2ccc(NC(=O)c3c[nH]c(=O)cn3)cc2)CC1. The Labute approximate surface area is 134 Å². The zero-order valence-electron chi connectivity index (χ0n) is 13.0. The summed E-state index contributed by atoms with van der Waals surface area (Å²) in [4.78, 5) is 33.9. The topological polar surface area (TPSA) is 81.3 Å². The molecule has 1 aliphatic heterocycles. The van der Waals surface area contributed by atoms with E-state index in [2.05, 4.69) is 32.1 Å². The smallest absolute Gasteiger partial charge is 0.275 e. The van der Waals surface area contributed by atoms with E-state index >= 15 is 0 Å². The van der Waals surface area contributed by atoms with Gasteiger partial charge in [-0.15, -0.1) is 0 Å². The summed E-state index contributed by atoms with van der Waals surface area (Å²) in [6.07, 6.45) is 2.39. The van der Waals surface area contributed by atoms with Crippen molar-refractivity contribution in [3.05, 3.63) is 52.7 Å². The standard InChI is InChI=1S/C16H19N5O2/c1-20-6-8-21(9-7-20)13-4-2-12(3-5-13)19-16(23)14-10-18-15(22)11-17-14/h2-5,10-11H,6-9H2,1H3,(H,18,22)(H,19,23). The second-order valence-corrected chi connectivity index (χ2v) is 5.59. The molecule has 7 nitrogen and oxygen atoms in total. The molecule has 7 heteroatoms. The van der Waals surface area contributed by atoms with Crippen LogP contribution in [0.1, 0.15) is 10.5 Å². The van der Waals surface area contributed by atoms with Crippen LogP contribution in [-0.4, -0.2) is 54.0 Å². The van der Waals surface area contributed by atoms with Gasteiger partial charge in [0.15, 0.2) is 0 Å². The van der Waals surface area contributed by atoms with Crippen LogP contribution in [0.25, 0.3) is 0 Å². The van der Waals surface area contributed by atoms with E-state index < -0.39 is 0 Å². The normalized spacial score (nSPS) is 15.4. The number of carbonyl (C=O) groups excluding carboxylic acids is 1. The number of aromatic amines is 1. The molecule has 0 bridgehead atoms. The lowest BCUT2D eigenvalue weighted by molar-refractivity contribution is 0.102. The van der Waals surface area contributed by atoms with Crippen LogP contribution in [0.3, 0.4) is 0 Å². The summed E-state index contributed by atoms with van der Waals surface area (Å²) in [6, 6.07) is 7.75. The van der Waals surface area contributed by atoms with Gasteiger partial charge in [-0.05, 0) is 31.3 Å². The Morgan fingerprint density at radius 3 is 2.48 bits per heavy atom. The Morgan fingerprint density at radius 2 is 1.87 bits per heavy atom. The lowest BCUT2D eigenvalue weighted by Gasteiger charge is -2.34. The minimum atomic E-state index is -0.353. The summed E-state index contributed by atoms with van der Waals surface area (Å²) in [5.41, 5.74) is 1.69. The van der Waals surface area contributed by atoms with Crippen LogP contribution in [0.2, 0.25) is 0 Å². The Balaban J connectivity index is 1.64. The fraction of sp³-hybridized carbons (Fsp3) is 0.312. The highest BCUT2D eigenvalue weighted by Crippen LogP contribution is 2.19. The van der Waals surface area contributed by atoms with Crippen LogP contribution in [0.4, 0.5) is 11.4 Å². The highest BCUT2D eigenvalue weighted by molar-refractivity contribution is 6.02. The Bertz CT molecular complexity index is 712. The molecule has 1 aromatic heterocycles. The second kappa shape index (κ2) is 6.62. The number of nitrogens with one attached hydrogen (secondary N) is 2. The molecule has 1 fully saturated rings. The van der Waals surface area contributed by atoms with E-state index in [4.69, 9.17) is 0 Å². The molecule has 3 rings (SSSR count). The molecule has 1 aromatic carbocycles. The molecule has 2 heterocycles. The van der Waals surface area contributed by atoms with Crippen molar-refractivity contribution >= 4 is 17.3 Å². The predicted octanol–water partition coefficient (Wildman–Crippen LogP) is 0.774. The number of benzene rings is 1. The van der Waals surface area contributed by atoms with Crippen LogP contribution in [0.5, 0.6) is 0 Å². The number of piperazine rings is 1. The molecular weight excluding hydrogens is 294 g/mol. The molecule has 2 aromatic rings. The third kappa shape index (κ3) is 3.75. The monoisotopic (exact) mass is 313 g/mol. The maximum absolute atomic E-state index is 12.0. The van der Waals surface area contributed by atoms with Gasteiger partial charge in [-0.2, -0.15) is 0 Å². The Hall–Kier alpha value is -2.67. The number of likely N-dealkylation sites (N-methyl/N-ethyl adjacent to an activating group) is 1. The zero-order valence-corrected chi connectivity index (χ0v) is 13.0. The molecule has 0 spiro atoms. The lowest BCUT2D eigenvalue weighted by Crippen LogP contribution is -2.44. The van der Waals surface area contributed by atoms with Crippen molar-refractivity contribution < 1.29 is 4.79 Å². The van der Waals surface area contributed by atoms with Gasteiger partial charge in [-0.1, -0.05) is 0 Å². The van der Waals surface area contributed by atoms with Crippen molar-refractivity contribution in [2.45, 2.75) is 0 Å². The summed E-state index contributed by atoms with van der Waals surface area (Å²) >= 11 is 0. The van der Waals surface area contributed by atoms with E-state index in [1.165, 1.54) is 6.20 Å². The molecule has 1 amide bonds. The first-order chi connectivity index (χ1) is 11.1. The van der Waals surface area contributed by atoms with Crippen molar-refractivity contribution in [1.82, 2.24) is 14.9 Å². The first-order valence-electron chi connectivity index (χ1n) is 7.51. The van der Waals surface area contributed by atoms with E-state index in [0.29, 0.717) is 5.69 Å². The van der Waals surface area contributed by atoms with E-state index in [1.54, 1.807) is 0 Å². The van der Waals surface area contributed by atoms with Gasteiger partial charge in [0.2, 0.25) is 0 Å². The van der Waals surface area contributed by atoms with Crippen molar-refractivity contribution in [1.29, 1.82) is 0 Å². The molecule has 0 atom stereocenters. The fourth-order valence-corrected chi connectivity index (χ4v) is 2.48. The van der Waals surface area contributed by atoms with E-state index in [-0.39, 0.29) is 17.2 Å². The minimum Gasteiger partial charge on any atom is -0.369 e. The molecule has 0 aliphatic carbocycles. The second-order valence-electron chi connectivity index (χ2n) is 5.59. The molecule has 1 aliphatic rings. The number of hydrogen-bond acceptors (Lipinski definition) is 5. The van der Waals surface area contributed by atoms with Gasteiger partial charge >= 0.3 is 0 Å². The Kier molecular flexibility index (Phi) is 4.38. The van der Waals surface area contributed by atoms with Crippen molar-refractivity contribution in [3.8, 4) is 0 Å². The number of nitrogens with zero attached hydrogens (tertiary/aromatic N) is 3. The predicted molar refractivity (Wildman–Crippen MR) is 89.0 cm³/mol.